The first kappa shape index (κ1) is 15.8. The van der Waals surface area contributed by atoms with Gasteiger partial charge >= 0.3 is 10.2 Å². The number of hydrogen-bond donors (Lipinski definition) is 0. The summed E-state index contributed by atoms with van der Waals surface area (Å²) in [5, 5.41) is 0. The number of carbonyl (C=O) groups excluding carboxylic acids is 1. The van der Waals surface area contributed by atoms with Gasteiger partial charge in [0.15, 0.2) is 0 Å². The van der Waals surface area contributed by atoms with Crippen LogP contribution >= 0.6 is 0 Å². The smallest absolute Gasteiger partial charge is 0.302 e. The molecule has 0 saturated carbocycles. The highest BCUT2D eigenvalue weighted by molar-refractivity contribution is 7.86. The summed E-state index contributed by atoms with van der Waals surface area (Å²) in [6.07, 6.45) is 3.97. The zero-order chi connectivity index (χ0) is 16.4. The zero-order valence-electron chi connectivity index (χ0n) is 12.4. The van der Waals surface area contributed by atoms with E-state index in [1.165, 1.54) is 0 Å². The Bertz CT molecular complexity index is 841. The topological polar surface area (TPSA) is 80.2 Å². The van der Waals surface area contributed by atoms with Gasteiger partial charge in [0.2, 0.25) is 5.91 Å². The van der Waals surface area contributed by atoms with E-state index in [2.05, 4.69) is 9.97 Å². The van der Waals surface area contributed by atoms with Crippen LogP contribution in [0.15, 0.2) is 30.6 Å². The maximum Gasteiger partial charge on any atom is 0.302 e. The maximum absolute atomic E-state index is 12.7. The highest BCUT2D eigenvalue weighted by Gasteiger charge is 2.32. The van der Waals surface area contributed by atoms with Crippen molar-refractivity contribution in [2.75, 3.05) is 18.8 Å². The quantitative estimate of drug-likeness (QED) is 0.769. The molecule has 0 bridgehead atoms. The molecule has 1 aliphatic heterocycles. The van der Waals surface area contributed by atoms with Crippen molar-refractivity contribution in [3.63, 3.8) is 0 Å². The normalized spacial score (nSPS) is 18.7. The summed E-state index contributed by atoms with van der Waals surface area (Å²) in [6, 6.07) is 5.73. The average Bonchev–Trinajstić information content (AvgIpc) is 2.82. The molecule has 2 aromatic rings. The summed E-state index contributed by atoms with van der Waals surface area (Å²) >= 11 is 0. The van der Waals surface area contributed by atoms with Gasteiger partial charge < -0.3 is 4.90 Å². The Hall–Kier alpha value is -2.09. The molecular weight excluding hydrogens is 321 g/mol. The lowest BCUT2D eigenvalue weighted by atomic mass is 10.1. The fourth-order valence-corrected chi connectivity index (χ4v) is 3.68. The Balaban J connectivity index is 1.62. The zero-order valence-corrected chi connectivity index (χ0v) is 13.2. The van der Waals surface area contributed by atoms with E-state index >= 15 is 0 Å². The lowest BCUT2D eigenvalue weighted by Crippen LogP contribution is -2.28. The van der Waals surface area contributed by atoms with Crippen molar-refractivity contribution < 1.29 is 17.1 Å². The van der Waals surface area contributed by atoms with E-state index in [1.54, 1.807) is 17.3 Å². The minimum atomic E-state index is -4.54. The molecule has 23 heavy (non-hydrogen) atoms. The molecule has 1 atom stereocenters. The largest absolute Gasteiger partial charge is 0.342 e. The van der Waals surface area contributed by atoms with Crippen LogP contribution in [-0.4, -0.2) is 48.0 Å². The summed E-state index contributed by atoms with van der Waals surface area (Å²) in [7, 11) is -4.54. The Labute approximate surface area is 133 Å². The van der Waals surface area contributed by atoms with Crippen LogP contribution in [0.2, 0.25) is 0 Å². The van der Waals surface area contributed by atoms with Crippen molar-refractivity contribution in [1.82, 2.24) is 14.9 Å². The molecule has 3 rings (SSSR count). The molecule has 6 nitrogen and oxygen atoms in total. The van der Waals surface area contributed by atoms with E-state index in [9.17, 15) is 17.1 Å². The van der Waals surface area contributed by atoms with Gasteiger partial charge in [0.05, 0.1) is 16.8 Å². The molecule has 1 amide bonds. The number of nitrogens with zero attached hydrogens (tertiary/aromatic N) is 3. The maximum atomic E-state index is 12.7. The number of rotatable bonds is 5. The lowest BCUT2D eigenvalue weighted by Gasteiger charge is -2.16. The van der Waals surface area contributed by atoms with Crippen LogP contribution in [0.4, 0.5) is 3.89 Å². The summed E-state index contributed by atoms with van der Waals surface area (Å²) in [4.78, 5) is 21.9. The third kappa shape index (κ3) is 4.01. The second kappa shape index (κ2) is 6.19. The van der Waals surface area contributed by atoms with Gasteiger partial charge in [0.1, 0.15) is 0 Å². The van der Waals surface area contributed by atoms with E-state index in [1.807, 2.05) is 18.2 Å². The summed E-state index contributed by atoms with van der Waals surface area (Å²) in [5.41, 5.74) is 2.62. The highest BCUT2D eigenvalue weighted by Crippen LogP contribution is 2.21. The molecule has 0 radical (unpaired) electrons. The molecule has 1 aromatic heterocycles. The Morgan fingerprint density at radius 3 is 2.70 bits per heavy atom. The molecular formula is C15H16FN3O3S. The molecule has 0 spiro atoms. The monoisotopic (exact) mass is 337 g/mol. The molecule has 8 heteroatoms. The van der Waals surface area contributed by atoms with Crippen molar-refractivity contribution in [2.24, 2.45) is 5.92 Å². The number of fused-ring (bicyclic) bond motifs is 1. The molecule has 1 aliphatic rings. The lowest BCUT2D eigenvalue weighted by molar-refractivity contribution is -0.127. The minimum absolute atomic E-state index is 0.0896. The fourth-order valence-electron chi connectivity index (χ4n) is 2.89. The predicted molar refractivity (Wildman–Crippen MR) is 82.8 cm³/mol. The SMILES string of the molecule is O=C1CC(CS(=O)(=O)F)CN1CCc1ccc2nccnc2c1. The van der Waals surface area contributed by atoms with E-state index in [-0.39, 0.29) is 18.9 Å². The standard InChI is InChI=1S/C15H16FN3O3S/c16-23(21,22)10-12-8-15(20)19(9-12)6-3-11-1-2-13-14(7-11)18-5-4-17-13/h1-2,4-5,7,12H,3,6,8-10H2. The van der Waals surface area contributed by atoms with Crippen molar-refractivity contribution >= 4 is 27.2 Å². The number of carbonyl (C=O) groups is 1. The number of halogens is 1. The molecule has 1 unspecified atom stereocenters. The van der Waals surface area contributed by atoms with Gasteiger partial charge in [-0.05, 0) is 24.1 Å². The highest BCUT2D eigenvalue weighted by atomic mass is 32.3. The average molecular weight is 337 g/mol. The van der Waals surface area contributed by atoms with Gasteiger partial charge in [-0.1, -0.05) is 6.07 Å². The van der Waals surface area contributed by atoms with Crippen molar-refractivity contribution in [2.45, 2.75) is 12.8 Å². The second-order valence-corrected chi connectivity index (χ2v) is 7.16. The van der Waals surface area contributed by atoms with Crippen LogP contribution in [0.5, 0.6) is 0 Å². The fraction of sp³-hybridized carbons (Fsp3) is 0.400. The van der Waals surface area contributed by atoms with E-state index in [0.29, 0.717) is 13.0 Å². The molecule has 122 valence electrons. The molecule has 0 N–H and O–H groups in total. The van der Waals surface area contributed by atoms with Gasteiger partial charge in [-0.2, -0.15) is 8.42 Å². The summed E-state index contributed by atoms with van der Waals surface area (Å²) < 4.78 is 34.1. The van der Waals surface area contributed by atoms with Gasteiger partial charge in [-0.15, -0.1) is 3.89 Å². The number of benzene rings is 1. The van der Waals surface area contributed by atoms with Gasteiger partial charge in [-0.3, -0.25) is 14.8 Å². The Morgan fingerprint density at radius 2 is 1.96 bits per heavy atom. The van der Waals surface area contributed by atoms with Crippen LogP contribution in [0.1, 0.15) is 12.0 Å². The summed E-state index contributed by atoms with van der Waals surface area (Å²) in [5.74, 6) is -1.17. The van der Waals surface area contributed by atoms with Crippen molar-refractivity contribution in [3.8, 4) is 0 Å². The molecule has 2 heterocycles. The predicted octanol–water partition coefficient (Wildman–Crippen LogP) is 1.32. The van der Waals surface area contributed by atoms with Crippen molar-refractivity contribution in [3.05, 3.63) is 36.2 Å². The third-order valence-corrected chi connectivity index (χ3v) is 4.80. The number of amides is 1. The number of aromatic nitrogens is 2. The second-order valence-electron chi connectivity index (χ2n) is 5.74. The van der Waals surface area contributed by atoms with Crippen molar-refractivity contribution in [1.29, 1.82) is 0 Å². The van der Waals surface area contributed by atoms with E-state index < -0.39 is 21.9 Å². The first-order valence-corrected chi connectivity index (χ1v) is 8.86. The molecule has 1 saturated heterocycles. The van der Waals surface area contributed by atoms with E-state index in [4.69, 9.17) is 0 Å². The third-order valence-electron chi connectivity index (χ3n) is 3.93. The molecule has 0 aliphatic carbocycles. The van der Waals surface area contributed by atoms with Crippen LogP contribution in [0, 0.1) is 5.92 Å². The van der Waals surface area contributed by atoms with Gasteiger partial charge in [0.25, 0.3) is 0 Å². The van der Waals surface area contributed by atoms with Gasteiger partial charge in [-0.25, -0.2) is 0 Å². The van der Waals surface area contributed by atoms with Crippen LogP contribution in [0.3, 0.4) is 0 Å². The summed E-state index contributed by atoms with van der Waals surface area (Å²) in [6.45, 7) is 0.767. The first-order chi connectivity index (χ1) is 10.9. The molecule has 1 aromatic carbocycles. The number of likely N-dealkylation sites (tertiary alicyclic amines) is 1. The Morgan fingerprint density at radius 1 is 1.22 bits per heavy atom. The van der Waals surface area contributed by atoms with Gasteiger partial charge in [0, 0.05) is 37.8 Å². The minimum Gasteiger partial charge on any atom is -0.342 e. The van der Waals surface area contributed by atoms with Crippen LogP contribution in [-0.2, 0) is 21.4 Å². The number of hydrogen-bond acceptors (Lipinski definition) is 5. The first-order valence-electron chi connectivity index (χ1n) is 7.30. The Kier molecular flexibility index (Phi) is 4.25. The molecule has 1 fully saturated rings. The van der Waals surface area contributed by atoms with Crippen LogP contribution < -0.4 is 0 Å². The van der Waals surface area contributed by atoms with Crippen LogP contribution in [0.25, 0.3) is 11.0 Å². The van der Waals surface area contributed by atoms with E-state index in [0.717, 1.165) is 16.6 Å².